The summed E-state index contributed by atoms with van der Waals surface area (Å²) in [4.78, 5) is 0. The van der Waals surface area contributed by atoms with Gasteiger partial charge in [-0.3, -0.25) is 0 Å². The van der Waals surface area contributed by atoms with Crippen molar-refractivity contribution in [3.05, 3.63) is 75.7 Å². The zero-order valence-corrected chi connectivity index (χ0v) is 14.2. The molecule has 4 aromatic rings. The summed E-state index contributed by atoms with van der Waals surface area (Å²) in [5.74, 6) is 0. The van der Waals surface area contributed by atoms with Crippen molar-refractivity contribution in [2.24, 2.45) is 0 Å². The van der Waals surface area contributed by atoms with Crippen molar-refractivity contribution in [3.8, 4) is 5.69 Å². The molecule has 21 heavy (non-hydrogen) atoms. The summed E-state index contributed by atoms with van der Waals surface area (Å²) < 4.78 is 4.45. The minimum Gasteiger partial charge on any atom is -0.307 e. The van der Waals surface area contributed by atoms with Crippen molar-refractivity contribution < 1.29 is 0 Å². The molecule has 0 atom stereocenters. The largest absolute Gasteiger partial charge is 0.307 e. The van der Waals surface area contributed by atoms with Crippen LogP contribution < -0.4 is 0 Å². The molecule has 0 amide bonds. The van der Waals surface area contributed by atoms with Crippen LogP contribution in [0.2, 0.25) is 0 Å². The van der Waals surface area contributed by atoms with Gasteiger partial charge in [0.1, 0.15) is 0 Å². The van der Waals surface area contributed by atoms with Crippen molar-refractivity contribution in [1.82, 2.24) is 4.57 Å². The number of hydrogen-bond donors (Lipinski definition) is 0. The van der Waals surface area contributed by atoms with Gasteiger partial charge in [-0.2, -0.15) is 0 Å². The van der Waals surface area contributed by atoms with Crippen LogP contribution in [0.15, 0.2) is 75.7 Å². The van der Waals surface area contributed by atoms with Crippen LogP contribution in [-0.4, -0.2) is 4.57 Å². The third-order valence-electron chi connectivity index (χ3n) is 3.74. The van der Waals surface area contributed by atoms with Gasteiger partial charge in [0, 0.05) is 19.7 Å². The standard InChI is InChI=1S/C18H11Br2N/c19-14-8-5-9-15(20)18(14)21-16-10-3-1-6-12(16)13-7-2-4-11-17(13)21/h1-11H. The van der Waals surface area contributed by atoms with Crippen LogP contribution in [0.1, 0.15) is 0 Å². The van der Waals surface area contributed by atoms with E-state index in [0.29, 0.717) is 0 Å². The molecule has 3 aromatic carbocycles. The Labute approximate surface area is 139 Å². The lowest BCUT2D eigenvalue weighted by molar-refractivity contribution is 1.16. The van der Waals surface area contributed by atoms with Crippen molar-refractivity contribution in [3.63, 3.8) is 0 Å². The lowest BCUT2D eigenvalue weighted by Gasteiger charge is -2.12. The summed E-state index contributed by atoms with van der Waals surface area (Å²) in [6, 6.07) is 23.2. The molecule has 0 aliphatic rings. The molecule has 4 rings (SSSR count). The van der Waals surface area contributed by atoms with E-state index in [2.05, 4.69) is 97.1 Å². The van der Waals surface area contributed by atoms with Gasteiger partial charge in [-0.1, -0.05) is 42.5 Å². The number of fused-ring (bicyclic) bond motifs is 3. The Kier molecular flexibility index (Phi) is 3.12. The fourth-order valence-electron chi connectivity index (χ4n) is 2.87. The van der Waals surface area contributed by atoms with Crippen LogP contribution in [0.5, 0.6) is 0 Å². The van der Waals surface area contributed by atoms with Crippen LogP contribution in [0.25, 0.3) is 27.5 Å². The Balaban J connectivity index is 2.26. The third-order valence-corrected chi connectivity index (χ3v) is 5.02. The number of para-hydroxylation sites is 3. The summed E-state index contributed by atoms with van der Waals surface area (Å²) in [6.45, 7) is 0. The van der Waals surface area contributed by atoms with Crippen molar-refractivity contribution in [2.45, 2.75) is 0 Å². The molecule has 0 N–H and O–H groups in total. The van der Waals surface area contributed by atoms with Crippen LogP contribution in [-0.2, 0) is 0 Å². The number of halogens is 2. The smallest absolute Gasteiger partial charge is 0.0746 e. The number of rotatable bonds is 1. The molecule has 0 unspecified atom stereocenters. The molecular formula is C18H11Br2N. The Morgan fingerprint density at radius 2 is 1.05 bits per heavy atom. The fraction of sp³-hybridized carbons (Fsp3) is 0. The van der Waals surface area contributed by atoms with E-state index < -0.39 is 0 Å². The lowest BCUT2D eigenvalue weighted by Crippen LogP contribution is -1.96. The van der Waals surface area contributed by atoms with Gasteiger partial charge in [-0.05, 0) is 56.1 Å². The first-order chi connectivity index (χ1) is 10.3. The molecule has 102 valence electrons. The van der Waals surface area contributed by atoms with E-state index in [0.717, 1.165) is 14.6 Å². The highest BCUT2D eigenvalue weighted by Crippen LogP contribution is 2.37. The van der Waals surface area contributed by atoms with Gasteiger partial charge in [-0.15, -0.1) is 0 Å². The summed E-state index contributed by atoms with van der Waals surface area (Å²) in [5.41, 5.74) is 3.56. The van der Waals surface area contributed by atoms with Gasteiger partial charge in [-0.25, -0.2) is 0 Å². The van der Waals surface area contributed by atoms with Crippen LogP contribution >= 0.6 is 31.9 Å². The molecule has 0 aliphatic heterocycles. The maximum absolute atomic E-state index is 3.69. The molecule has 0 saturated heterocycles. The van der Waals surface area contributed by atoms with E-state index >= 15 is 0 Å². The topological polar surface area (TPSA) is 4.93 Å². The summed E-state index contributed by atoms with van der Waals surface area (Å²) in [7, 11) is 0. The first-order valence-electron chi connectivity index (χ1n) is 6.70. The van der Waals surface area contributed by atoms with E-state index in [-0.39, 0.29) is 0 Å². The second-order valence-corrected chi connectivity index (χ2v) is 6.65. The highest BCUT2D eigenvalue weighted by molar-refractivity contribution is 9.11. The minimum absolute atomic E-state index is 1.07. The Bertz CT molecular complexity index is 896. The number of hydrogen-bond acceptors (Lipinski definition) is 0. The molecule has 0 aliphatic carbocycles. The van der Waals surface area contributed by atoms with E-state index in [1.54, 1.807) is 0 Å². The monoisotopic (exact) mass is 399 g/mol. The quantitative estimate of drug-likeness (QED) is 0.353. The Morgan fingerprint density at radius 1 is 0.571 bits per heavy atom. The predicted octanol–water partition coefficient (Wildman–Crippen LogP) is 6.31. The average molecular weight is 401 g/mol. The maximum Gasteiger partial charge on any atom is 0.0746 e. The van der Waals surface area contributed by atoms with Crippen molar-refractivity contribution in [2.75, 3.05) is 0 Å². The zero-order valence-electron chi connectivity index (χ0n) is 11.1. The maximum atomic E-state index is 3.69. The lowest BCUT2D eigenvalue weighted by atomic mass is 10.2. The highest BCUT2D eigenvalue weighted by atomic mass is 79.9. The molecular weight excluding hydrogens is 390 g/mol. The fourth-order valence-corrected chi connectivity index (χ4v) is 4.22. The Hall–Kier alpha value is -1.58. The number of nitrogens with zero attached hydrogens (tertiary/aromatic N) is 1. The molecule has 0 fully saturated rings. The third kappa shape index (κ3) is 1.95. The SMILES string of the molecule is Brc1cccc(Br)c1-n1c2ccccc2c2ccccc21. The second kappa shape index (κ2) is 5.00. The Morgan fingerprint density at radius 3 is 1.57 bits per heavy atom. The summed E-state index contributed by atoms with van der Waals surface area (Å²) in [5, 5.41) is 2.55. The van der Waals surface area contributed by atoms with E-state index in [9.17, 15) is 0 Å². The van der Waals surface area contributed by atoms with Gasteiger partial charge in [0.15, 0.2) is 0 Å². The van der Waals surface area contributed by atoms with E-state index in [1.807, 2.05) is 6.07 Å². The van der Waals surface area contributed by atoms with Gasteiger partial charge < -0.3 is 4.57 Å². The molecule has 0 spiro atoms. The van der Waals surface area contributed by atoms with Crippen LogP contribution in [0.4, 0.5) is 0 Å². The van der Waals surface area contributed by atoms with E-state index in [4.69, 9.17) is 0 Å². The van der Waals surface area contributed by atoms with Gasteiger partial charge in [0.2, 0.25) is 0 Å². The van der Waals surface area contributed by atoms with Crippen molar-refractivity contribution >= 4 is 53.7 Å². The van der Waals surface area contributed by atoms with Gasteiger partial charge in [0.25, 0.3) is 0 Å². The molecule has 1 heterocycles. The average Bonchev–Trinajstić information content (AvgIpc) is 2.83. The molecule has 0 radical (unpaired) electrons. The molecule has 1 nitrogen and oxygen atoms in total. The van der Waals surface area contributed by atoms with Crippen LogP contribution in [0, 0.1) is 0 Å². The van der Waals surface area contributed by atoms with Gasteiger partial charge in [0.05, 0.1) is 16.7 Å². The van der Waals surface area contributed by atoms with E-state index in [1.165, 1.54) is 21.8 Å². The zero-order chi connectivity index (χ0) is 14.4. The summed E-state index contributed by atoms with van der Waals surface area (Å²) >= 11 is 7.38. The van der Waals surface area contributed by atoms with Gasteiger partial charge >= 0.3 is 0 Å². The molecule has 0 bridgehead atoms. The number of benzene rings is 3. The molecule has 3 heteroatoms. The summed E-state index contributed by atoms with van der Waals surface area (Å²) in [6.07, 6.45) is 0. The van der Waals surface area contributed by atoms with Crippen LogP contribution in [0.3, 0.4) is 0 Å². The number of aromatic nitrogens is 1. The second-order valence-electron chi connectivity index (χ2n) is 4.94. The predicted molar refractivity (Wildman–Crippen MR) is 96.2 cm³/mol. The van der Waals surface area contributed by atoms with Crippen molar-refractivity contribution in [1.29, 1.82) is 0 Å². The minimum atomic E-state index is 1.07. The highest BCUT2D eigenvalue weighted by Gasteiger charge is 2.15. The normalized spacial score (nSPS) is 11.3. The molecule has 1 aromatic heterocycles. The first kappa shape index (κ1) is 13.1. The first-order valence-corrected chi connectivity index (χ1v) is 8.28. The molecule has 0 saturated carbocycles.